The smallest absolute Gasteiger partial charge is 0.139 e. The lowest BCUT2D eigenvalue weighted by molar-refractivity contribution is 0.623. The quantitative estimate of drug-likeness (QED) is 0.733. The first-order valence-electron chi connectivity index (χ1n) is 6.60. The van der Waals surface area contributed by atoms with Crippen molar-refractivity contribution >= 4 is 27.0 Å². The van der Waals surface area contributed by atoms with Gasteiger partial charge >= 0.3 is 0 Å². The fourth-order valence-electron chi connectivity index (χ4n) is 2.78. The third-order valence-corrected chi connectivity index (χ3v) is 4.66. The number of hydrogen-bond donors (Lipinski definition) is 1. The number of nitrogens with one attached hydrogen (secondary N) is 1. The highest BCUT2D eigenvalue weighted by Gasteiger charge is 2.48. The van der Waals surface area contributed by atoms with Gasteiger partial charge in [0.2, 0.25) is 0 Å². The average molecular weight is 331 g/mol. The molecule has 1 aliphatic rings. The van der Waals surface area contributed by atoms with Crippen LogP contribution in [0, 0.1) is 5.82 Å². The maximum absolute atomic E-state index is 13.6. The molecule has 4 rings (SSSR count). The number of aromatic nitrogens is 2. The number of nitrogens with zero attached hydrogens (tertiary/aromatic N) is 1. The largest absolute Gasteiger partial charge is 0.341 e. The Kier molecular flexibility index (Phi) is 2.51. The predicted octanol–water partition coefficient (Wildman–Crippen LogP) is 4.54. The van der Waals surface area contributed by atoms with Crippen molar-refractivity contribution in [2.24, 2.45) is 0 Å². The van der Waals surface area contributed by atoms with Crippen molar-refractivity contribution in [2.75, 3.05) is 0 Å². The lowest BCUT2D eigenvalue weighted by atomic mass is 9.95. The molecule has 1 N–H and O–H groups in total. The van der Waals surface area contributed by atoms with Gasteiger partial charge in [-0.25, -0.2) is 9.37 Å². The van der Waals surface area contributed by atoms with Crippen LogP contribution in [-0.2, 0) is 5.41 Å². The van der Waals surface area contributed by atoms with Gasteiger partial charge in [0.15, 0.2) is 0 Å². The van der Waals surface area contributed by atoms with Crippen molar-refractivity contribution in [3.8, 4) is 0 Å². The number of H-pyrrole nitrogens is 1. The second kappa shape index (κ2) is 4.16. The van der Waals surface area contributed by atoms with Crippen molar-refractivity contribution < 1.29 is 4.39 Å². The molecule has 1 saturated carbocycles. The molecule has 0 bridgehead atoms. The van der Waals surface area contributed by atoms with Crippen molar-refractivity contribution in [2.45, 2.75) is 18.3 Å². The maximum Gasteiger partial charge on any atom is 0.139 e. The van der Waals surface area contributed by atoms with Crippen LogP contribution >= 0.6 is 15.9 Å². The summed E-state index contributed by atoms with van der Waals surface area (Å²) in [6.07, 6.45) is 2.17. The van der Waals surface area contributed by atoms with Gasteiger partial charge in [0, 0.05) is 6.07 Å². The first kappa shape index (κ1) is 12.1. The van der Waals surface area contributed by atoms with Gasteiger partial charge in [-0.2, -0.15) is 0 Å². The van der Waals surface area contributed by atoms with E-state index in [9.17, 15) is 4.39 Å². The van der Waals surface area contributed by atoms with Crippen molar-refractivity contribution in [1.29, 1.82) is 0 Å². The Hall–Kier alpha value is -1.68. The molecule has 0 radical (unpaired) electrons. The van der Waals surface area contributed by atoms with E-state index in [4.69, 9.17) is 0 Å². The summed E-state index contributed by atoms with van der Waals surface area (Å²) in [6, 6.07) is 13.6. The van der Waals surface area contributed by atoms with E-state index in [-0.39, 0.29) is 11.2 Å². The molecular weight excluding hydrogens is 319 g/mol. The highest BCUT2D eigenvalue weighted by Crippen LogP contribution is 2.52. The zero-order valence-electron chi connectivity index (χ0n) is 10.7. The van der Waals surface area contributed by atoms with Crippen LogP contribution in [0.2, 0.25) is 0 Å². The first-order valence-corrected chi connectivity index (χ1v) is 7.39. The van der Waals surface area contributed by atoms with Gasteiger partial charge in [-0.05, 0) is 40.4 Å². The van der Waals surface area contributed by atoms with Gasteiger partial charge in [0.05, 0.1) is 20.9 Å². The highest BCUT2D eigenvalue weighted by molar-refractivity contribution is 9.10. The molecule has 0 spiro atoms. The maximum atomic E-state index is 13.6. The average Bonchev–Trinajstić information content (AvgIpc) is 3.18. The molecular formula is C16H12BrFN2. The van der Waals surface area contributed by atoms with Crippen molar-refractivity contribution in [3.63, 3.8) is 0 Å². The SMILES string of the molecule is Fc1cc2[nH]c(C3(c4ccccc4)CC3)nc2cc1Br. The van der Waals surface area contributed by atoms with Crippen LogP contribution in [0.3, 0.4) is 0 Å². The van der Waals surface area contributed by atoms with E-state index in [0.29, 0.717) is 4.47 Å². The molecule has 0 unspecified atom stereocenters. The summed E-state index contributed by atoms with van der Waals surface area (Å²) >= 11 is 3.21. The third-order valence-electron chi connectivity index (χ3n) is 4.05. The van der Waals surface area contributed by atoms with Gasteiger partial charge in [0.25, 0.3) is 0 Å². The third kappa shape index (κ3) is 1.71. The molecule has 4 heteroatoms. The van der Waals surface area contributed by atoms with Crippen LogP contribution in [0.25, 0.3) is 11.0 Å². The summed E-state index contributed by atoms with van der Waals surface area (Å²) < 4.78 is 14.0. The molecule has 20 heavy (non-hydrogen) atoms. The van der Waals surface area contributed by atoms with E-state index < -0.39 is 0 Å². The predicted molar refractivity (Wildman–Crippen MR) is 80.2 cm³/mol. The van der Waals surface area contributed by atoms with E-state index in [1.165, 1.54) is 11.6 Å². The Labute approximate surface area is 124 Å². The Morgan fingerprint density at radius 2 is 1.90 bits per heavy atom. The number of imidazole rings is 1. The molecule has 1 heterocycles. The molecule has 1 fully saturated rings. The Morgan fingerprint density at radius 3 is 2.60 bits per heavy atom. The monoisotopic (exact) mass is 330 g/mol. The van der Waals surface area contributed by atoms with E-state index in [0.717, 1.165) is 29.7 Å². The number of halogens is 2. The fraction of sp³-hybridized carbons (Fsp3) is 0.188. The summed E-state index contributed by atoms with van der Waals surface area (Å²) in [6.45, 7) is 0. The number of aromatic amines is 1. The number of rotatable bonds is 2. The number of hydrogen-bond acceptors (Lipinski definition) is 1. The molecule has 0 amide bonds. The summed E-state index contributed by atoms with van der Waals surface area (Å²) in [7, 11) is 0. The fourth-order valence-corrected chi connectivity index (χ4v) is 3.11. The van der Waals surface area contributed by atoms with Gasteiger partial charge in [-0.1, -0.05) is 30.3 Å². The zero-order chi connectivity index (χ0) is 13.7. The molecule has 2 aromatic carbocycles. The second-order valence-corrected chi connectivity index (χ2v) is 6.17. The Balaban J connectivity index is 1.87. The van der Waals surface area contributed by atoms with E-state index in [2.05, 4.69) is 38.0 Å². The molecule has 0 atom stereocenters. The molecule has 100 valence electrons. The minimum absolute atomic E-state index is 0.0107. The number of benzene rings is 2. The molecule has 1 aliphatic carbocycles. The number of fused-ring (bicyclic) bond motifs is 1. The zero-order valence-corrected chi connectivity index (χ0v) is 12.2. The van der Waals surface area contributed by atoms with Gasteiger partial charge in [-0.15, -0.1) is 0 Å². The van der Waals surface area contributed by atoms with E-state index in [1.54, 1.807) is 6.07 Å². The van der Waals surface area contributed by atoms with Crippen LogP contribution in [0.1, 0.15) is 24.2 Å². The van der Waals surface area contributed by atoms with E-state index >= 15 is 0 Å². The molecule has 2 nitrogen and oxygen atoms in total. The standard InChI is InChI=1S/C16H12BrFN2/c17-11-8-13-14(9-12(11)18)20-15(19-13)16(6-7-16)10-4-2-1-3-5-10/h1-5,8-9H,6-7H2,(H,19,20). The van der Waals surface area contributed by atoms with Crippen LogP contribution < -0.4 is 0 Å². The van der Waals surface area contributed by atoms with Gasteiger partial charge in [0.1, 0.15) is 11.6 Å². The lowest BCUT2D eigenvalue weighted by Crippen LogP contribution is -2.10. The van der Waals surface area contributed by atoms with Crippen LogP contribution in [0.4, 0.5) is 4.39 Å². The van der Waals surface area contributed by atoms with E-state index in [1.807, 2.05) is 18.2 Å². The summed E-state index contributed by atoms with van der Waals surface area (Å²) in [5.74, 6) is 0.674. The minimum atomic E-state index is -0.266. The van der Waals surface area contributed by atoms with Crippen LogP contribution in [-0.4, -0.2) is 9.97 Å². The highest BCUT2D eigenvalue weighted by atomic mass is 79.9. The Bertz CT molecular complexity index is 752. The molecule has 0 saturated heterocycles. The minimum Gasteiger partial charge on any atom is -0.341 e. The Morgan fingerprint density at radius 1 is 1.15 bits per heavy atom. The van der Waals surface area contributed by atoms with Gasteiger partial charge < -0.3 is 4.98 Å². The lowest BCUT2D eigenvalue weighted by Gasteiger charge is -2.12. The molecule has 3 aromatic rings. The molecule has 1 aromatic heterocycles. The van der Waals surface area contributed by atoms with Gasteiger partial charge in [-0.3, -0.25) is 0 Å². The van der Waals surface area contributed by atoms with Crippen LogP contribution in [0.5, 0.6) is 0 Å². The topological polar surface area (TPSA) is 28.7 Å². The normalized spacial score (nSPS) is 16.5. The van der Waals surface area contributed by atoms with Crippen molar-refractivity contribution in [3.05, 3.63) is 64.1 Å². The summed E-state index contributed by atoms with van der Waals surface area (Å²) in [5, 5.41) is 0. The second-order valence-electron chi connectivity index (χ2n) is 5.32. The summed E-state index contributed by atoms with van der Waals surface area (Å²) in [5.41, 5.74) is 2.82. The summed E-state index contributed by atoms with van der Waals surface area (Å²) in [4.78, 5) is 7.97. The first-order chi connectivity index (χ1) is 9.69. The van der Waals surface area contributed by atoms with Crippen molar-refractivity contribution in [1.82, 2.24) is 9.97 Å². The molecule has 0 aliphatic heterocycles. The van der Waals surface area contributed by atoms with Crippen LogP contribution in [0.15, 0.2) is 46.9 Å².